The molecule has 0 aromatic heterocycles. The highest BCUT2D eigenvalue weighted by molar-refractivity contribution is 5.47. The van der Waals surface area contributed by atoms with Gasteiger partial charge in [0.15, 0.2) is 0 Å². The summed E-state index contributed by atoms with van der Waals surface area (Å²) < 4.78 is 0. The molecule has 148 valence electrons. The van der Waals surface area contributed by atoms with Gasteiger partial charge in [0.05, 0.1) is 0 Å². The lowest BCUT2D eigenvalue weighted by atomic mass is 9.71. The van der Waals surface area contributed by atoms with E-state index in [0.29, 0.717) is 0 Å². The van der Waals surface area contributed by atoms with Crippen molar-refractivity contribution in [3.05, 3.63) is 70.3 Å². The van der Waals surface area contributed by atoms with Gasteiger partial charge < -0.3 is 0 Å². The van der Waals surface area contributed by atoms with Crippen molar-refractivity contribution in [3.63, 3.8) is 0 Å². The van der Waals surface area contributed by atoms with Crippen molar-refractivity contribution in [2.45, 2.75) is 97.8 Å². The SMILES string of the molecule is CC(C)(C)c1cc(C(C)(C)C)c(CCCc2ccccc2)c(C(C)(C)C)c1. The minimum Gasteiger partial charge on any atom is -0.0622 e. The quantitative estimate of drug-likeness (QED) is 0.520. The molecule has 0 bridgehead atoms. The molecule has 0 radical (unpaired) electrons. The largest absolute Gasteiger partial charge is 0.0622 e. The van der Waals surface area contributed by atoms with E-state index >= 15 is 0 Å². The summed E-state index contributed by atoms with van der Waals surface area (Å²) in [4.78, 5) is 0. The second-order valence-electron chi connectivity index (χ2n) is 11.1. The first-order chi connectivity index (χ1) is 12.3. The van der Waals surface area contributed by atoms with Gasteiger partial charge in [-0.25, -0.2) is 0 Å². The van der Waals surface area contributed by atoms with Gasteiger partial charge in [-0.2, -0.15) is 0 Å². The average Bonchev–Trinajstić information content (AvgIpc) is 2.52. The molecule has 2 aromatic carbocycles. The highest BCUT2D eigenvalue weighted by Crippen LogP contribution is 2.38. The van der Waals surface area contributed by atoms with Crippen molar-refractivity contribution in [2.75, 3.05) is 0 Å². The maximum absolute atomic E-state index is 2.49. The highest BCUT2D eigenvalue weighted by Gasteiger charge is 2.28. The third-order valence-electron chi connectivity index (χ3n) is 5.47. The van der Waals surface area contributed by atoms with E-state index in [4.69, 9.17) is 0 Å². The van der Waals surface area contributed by atoms with Gasteiger partial charge in [-0.05, 0) is 63.3 Å². The lowest BCUT2D eigenvalue weighted by Gasteiger charge is -2.34. The van der Waals surface area contributed by atoms with E-state index in [9.17, 15) is 0 Å². The van der Waals surface area contributed by atoms with Crippen LogP contribution in [0.2, 0.25) is 0 Å². The van der Waals surface area contributed by atoms with E-state index in [2.05, 4.69) is 105 Å². The second kappa shape index (κ2) is 7.82. The van der Waals surface area contributed by atoms with Crippen molar-refractivity contribution in [1.82, 2.24) is 0 Å². The normalized spacial score (nSPS) is 13.1. The van der Waals surface area contributed by atoms with Crippen molar-refractivity contribution in [2.24, 2.45) is 0 Å². The van der Waals surface area contributed by atoms with Crippen LogP contribution in [0.4, 0.5) is 0 Å². The smallest absolute Gasteiger partial charge is 0.0129 e. The first kappa shape index (κ1) is 21.7. The van der Waals surface area contributed by atoms with Crippen LogP contribution in [0.1, 0.15) is 96.6 Å². The van der Waals surface area contributed by atoms with Gasteiger partial charge in [0.1, 0.15) is 0 Å². The molecule has 0 amide bonds. The molecule has 27 heavy (non-hydrogen) atoms. The fourth-order valence-electron chi connectivity index (χ4n) is 3.83. The minimum absolute atomic E-state index is 0.156. The zero-order valence-electron chi connectivity index (χ0n) is 19.2. The lowest BCUT2D eigenvalue weighted by Crippen LogP contribution is -2.24. The van der Waals surface area contributed by atoms with Gasteiger partial charge in [-0.1, -0.05) is 105 Å². The standard InChI is InChI=1S/C27H40/c1-25(2,3)21-18-23(26(4,5)6)22(24(19-21)27(7,8)9)17-13-16-20-14-11-10-12-15-20/h10-12,14-15,18-19H,13,16-17H2,1-9H3. The molecule has 0 atom stereocenters. The molecule has 0 fully saturated rings. The first-order valence-corrected chi connectivity index (χ1v) is 10.5. The van der Waals surface area contributed by atoms with Gasteiger partial charge >= 0.3 is 0 Å². The topological polar surface area (TPSA) is 0 Å². The molecule has 0 heteroatoms. The van der Waals surface area contributed by atoms with Gasteiger partial charge in [-0.3, -0.25) is 0 Å². The summed E-state index contributed by atoms with van der Waals surface area (Å²) in [5.74, 6) is 0. The van der Waals surface area contributed by atoms with Gasteiger partial charge in [0, 0.05) is 0 Å². The Bertz CT molecular complexity index is 708. The molecule has 0 unspecified atom stereocenters. The Labute approximate surface area is 168 Å². The van der Waals surface area contributed by atoms with Crippen LogP contribution >= 0.6 is 0 Å². The molecule has 0 saturated heterocycles. The van der Waals surface area contributed by atoms with Crippen molar-refractivity contribution in [3.8, 4) is 0 Å². The zero-order valence-corrected chi connectivity index (χ0v) is 19.2. The van der Waals surface area contributed by atoms with Gasteiger partial charge in [0.25, 0.3) is 0 Å². The molecule has 0 aliphatic heterocycles. The Balaban J connectivity index is 2.49. The lowest BCUT2D eigenvalue weighted by molar-refractivity contribution is 0.535. The predicted molar refractivity (Wildman–Crippen MR) is 121 cm³/mol. The van der Waals surface area contributed by atoms with E-state index in [0.717, 1.165) is 12.8 Å². The molecule has 2 rings (SSSR count). The van der Waals surface area contributed by atoms with E-state index in [1.807, 2.05) is 0 Å². The Morgan fingerprint density at radius 3 is 1.48 bits per heavy atom. The molecule has 0 N–H and O–H groups in total. The van der Waals surface area contributed by atoms with Crippen LogP contribution in [0.25, 0.3) is 0 Å². The Morgan fingerprint density at radius 2 is 1.07 bits per heavy atom. The van der Waals surface area contributed by atoms with Gasteiger partial charge in [0.2, 0.25) is 0 Å². The number of benzene rings is 2. The maximum atomic E-state index is 2.49. The number of rotatable bonds is 4. The molecule has 0 nitrogen and oxygen atoms in total. The van der Waals surface area contributed by atoms with Crippen LogP contribution in [-0.4, -0.2) is 0 Å². The predicted octanol–water partition coefficient (Wildman–Crippen LogP) is 7.75. The molecular weight excluding hydrogens is 324 g/mol. The van der Waals surface area contributed by atoms with E-state index in [1.54, 1.807) is 5.56 Å². The van der Waals surface area contributed by atoms with E-state index < -0.39 is 0 Å². The third-order valence-corrected chi connectivity index (χ3v) is 5.47. The third kappa shape index (κ3) is 5.71. The zero-order chi connectivity index (χ0) is 20.5. The van der Waals surface area contributed by atoms with Gasteiger partial charge in [-0.15, -0.1) is 0 Å². The first-order valence-electron chi connectivity index (χ1n) is 10.5. The summed E-state index contributed by atoms with van der Waals surface area (Å²) in [7, 11) is 0. The van der Waals surface area contributed by atoms with Crippen molar-refractivity contribution >= 4 is 0 Å². The summed E-state index contributed by atoms with van der Waals surface area (Å²) >= 11 is 0. The average molecular weight is 365 g/mol. The van der Waals surface area contributed by atoms with E-state index in [1.165, 1.54) is 28.7 Å². The number of hydrogen-bond donors (Lipinski definition) is 0. The molecule has 0 aliphatic rings. The van der Waals surface area contributed by atoms with Crippen molar-refractivity contribution in [1.29, 1.82) is 0 Å². The second-order valence-corrected chi connectivity index (χ2v) is 11.1. The Morgan fingerprint density at radius 1 is 0.593 bits per heavy atom. The molecule has 0 heterocycles. The monoisotopic (exact) mass is 364 g/mol. The number of aryl methyl sites for hydroxylation is 1. The Hall–Kier alpha value is -1.56. The Kier molecular flexibility index (Phi) is 6.30. The highest BCUT2D eigenvalue weighted by atomic mass is 14.3. The van der Waals surface area contributed by atoms with Crippen LogP contribution < -0.4 is 0 Å². The molecule has 0 aliphatic carbocycles. The molecule has 2 aromatic rings. The summed E-state index contributed by atoms with van der Waals surface area (Å²) in [6, 6.07) is 15.9. The fraction of sp³-hybridized carbons (Fsp3) is 0.556. The summed E-state index contributed by atoms with van der Waals surface area (Å²) in [5, 5.41) is 0. The van der Waals surface area contributed by atoms with Crippen LogP contribution in [0, 0.1) is 0 Å². The van der Waals surface area contributed by atoms with Crippen LogP contribution in [0.5, 0.6) is 0 Å². The summed E-state index contributed by atoms with van der Waals surface area (Å²) in [5.41, 5.74) is 8.04. The van der Waals surface area contributed by atoms with Crippen molar-refractivity contribution < 1.29 is 0 Å². The van der Waals surface area contributed by atoms with E-state index in [-0.39, 0.29) is 16.2 Å². The molecule has 0 saturated carbocycles. The minimum atomic E-state index is 0.156. The molecular formula is C27H40. The summed E-state index contributed by atoms with van der Waals surface area (Å²) in [6.45, 7) is 21.2. The fourth-order valence-corrected chi connectivity index (χ4v) is 3.83. The molecule has 0 spiro atoms. The van der Waals surface area contributed by atoms with Crippen LogP contribution in [-0.2, 0) is 29.1 Å². The summed E-state index contributed by atoms with van der Waals surface area (Å²) in [6.07, 6.45) is 3.50. The number of hydrogen-bond acceptors (Lipinski definition) is 0. The van der Waals surface area contributed by atoms with Crippen LogP contribution in [0.15, 0.2) is 42.5 Å². The maximum Gasteiger partial charge on any atom is -0.0129 e. The van der Waals surface area contributed by atoms with Crippen LogP contribution in [0.3, 0.4) is 0 Å².